The summed E-state index contributed by atoms with van der Waals surface area (Å²) in [6, 6.07) is 21.6. The van der Waals surface area contributed by atoms with Gasteiger partial charge in [-0.2, -0.15) is 0 Å². The lowest BCUT2D eigenvalue weighted by Gasteiger charge is -2.36. The van der Waals surface area contributed by atoms with Gasteiger partial charge in [-0.3, -0.25) is 10.2 Å². The molecule has 0 saturated heterocycles. The van der Waals surface area contributed by atoms with Gasteiger partial charge in [-0.1, -0.05) is 48.5 Å². The third-order valence-electron chi connectivity index (χ3n) is 6.22. The van der Waals surface area contributed by atoms with E-state index in [1.54, 1.807) is 0 Å². The molecule has 148 valence electrons. The predicted octanol–water partition coefficient (Wildman–Crippen LogP) is 3.18. The number of nitrogens with zero attached hydrogens (tertiary/aromatic N) is 1. The summed E-state index contributed by atoms with van der Waals surface area (Å²) in [7, 11) is 0. The normalized spacial score (nSPS) is 20.9. The molecule has 1 amide bonds. The Hall–Kier alpha value is -3.80. The van der Waals surface area contributed by atoms with E-state index in [0.29, 0.717) is 36.0 Å². The van der Waals surface area contributed by atoms with E-state index >= 15 is 0 Å². The number of nitrogens with one attached hydrogen (secondary N) is 2. The van der Waals surface area contributed by atoms with Crippen molar-refractivity contribution in [3.05, 3.63) is 89.0 Å². The van der Waals surface area contributed by atoms with E-state index in [1.165, 1.54) is 0 Å². The van der Waals surface area contributed by atoms with Crippen molar-refractivity contribution in [1.29, 1.82) is 5.41 Å². The van der Waals surface area contributed by atoms with Crippen LogP contribution in [0.25, 0.3) is 0 Å². The van der Waals surface area contributed by atoms with Gasteiger partial charge in [0.15, 0.2) is 11.5 Å². The minimum absolute atomic E-state index is 0.00710. The van der Waals surface area contributed by atoms with Gasteiger partial charge in [0.25, 0.3) is 0 Å². The van der Waals surface area contributed by atoms with Crippen molar-refractivity contribution in [2.24, 2.45) is 0 Å². The molecule has 1 atom stereocenters. The lowest BCUT2D eigenvalue weighted by molar-refractivity contribution is -0.121. The summed E-state index contributed by atoms with van der Waals surface area (Å²) < 4.78 is 11.1. The van der Waals surface area contributed by atoms with Crippen LogP contribution in [-0.2, 0) is 16.8 Å². The summed E-state index contributed by atoms with van der Waals surface area (Å²) in [4.78, 5) is 15.9. The first kappa shape index (κ1) is 17.1. The molecule has 3 aromatic carbocycles. The molecule has 0 saturated carbocycles. The van der Waals surface area contributed by atoms with Crippen LogP contribution in [0.2, 0.25) is 0 Å². The van der Waals surface area contributed by atoms with Crippen LogP contribution in [0.4, 0.5) is 5.69 Å². The second-order valence-electron chi connectivity index (χ2n) is 7.78. The number of hydrogen-bond donors (Lipinski definition) is 2. The Bertz CT molecular complexity index is 1210. The Balaban J connectivity index is 1.56. The third-order valence-corrected chi connectivity index (χ3v) is 6.22. The molecule has 0 aliphatic carbocycles. The van der Waals surface area contributed by atoms with Crippen molar-refractivity contribution < 1.29 is 14.3 Å². The zero-order chi connectivity index (χ0) is 20.3. The lowest BCUT2D eigenvalue weighted by atomic mass is 9.71. The molecular weight excluding hydrogens is 378 g/mol. The maximum Gasteiger partial charge on any atom is 0.244 e. The largest absolute Gasteiger partial charge is 0.454 e. The van der Waals surface area contributed by atoms with E-state index in [4.69, 9.17) is 14.9 Å². The number of carbonyl (C=O) groups is 1. The fourth-order valence-corrected chi connectivity index (χ4v) is 4.79. The van der Waals surface area contributed by atoms with E-state index in [2.05, 4.69) is 5.32 Å². The van der Waals surface area contributed by atoms with Crippen LogP contribution in [0.1, 0.15) is 22.3 Å². The van der Waals surface area contributed by atoms with Gasteiger partial charge >= 0.3 is 0 Å². The molecule has 0 aromatic heterocycles. The average Bonchev–Trinajstić information content (AvgIpc) is 3.33. The fourth-order valence-electron chi connectivity index (χ4n) is 4.79. The smallest absolute Gasteiger partial charge is 0.244 e. The van der Waals surface area contributed by atoms with Crippen LogP contribution in [0.5, 0.6) is 11.5 Å². The second kappa shape index (κ2) is 6.10. The highest BCUT2D eigenvalue weighted by atomic mass is 16.7. The van der Waals surface area contributed by atoms with Crippen molar-refractivity contribution in [3.63, 3.8) is 0 Å². The number of rotatable bonds is 2. The Morgan fingerprint density at radius 3 is 2.53 bits per heavy atom. The van der Waals surface area contributed by atoms with Crippen LogP contribution in [0, 0.1) is 5.41 Å². The number of para-hydroxylation sites is 1. The van der Waals surface area contributed by atoms with Crippen LogP contribution in [0.15, 0.2) is 66.7 Å². The molecule has 6 nitrogen and oxygen atoms in total. The second-order valence-corrected chi connectivity index (χ2v) is 7.78. The molecule has 2 N–H and O–H groups in total. The summed E-state index contributed by atoms with van der Waals surface area (Å²) in [6.07, 6.45) is 0. The molecule has 3 aromatic rings. The SMILES string of the molecule is N=C1NCC2(C(=O)N(Cc3ccccc3)c3ccccc32)c2cc3c(cc21)OCO3. The van der Waals surface area contributed by atoms with Gasteiger partial charge in [0.2, 0.25) is 12.7 Å². The summed E-state index contributed by atoms with van der Waals surface area (Å²) in [5.74, 6) is 1.53. The predicted molar refractivity (Wildman–Crippen MR) is 112 cm³/mol. The monoisotopic (exact) mass is 397 g/mol. The summed E-state index contributed by atoms with van der Waals surface area (Å²) >= 11 is 0. The van der Waals surface area contributed by atoms with Gasteiger partial charge in [0.1, 0.15) is 11.3 Å². The quantitative estimate of drug-likeness (QED) is 0.697. The summed E-state index contributed by atoms with van der Waals surface area (Å²) in [5, 5.41) is 11.6. The number of anilines is 1. The van der Waals surface area contributed by atoms with Crippen LogP contribution in [0.3, 0.4) is 0 Å². The van der Waals surface area contributed by atoms with Crippen LogP contribution >= 0.6 is 0 Å². The number of amidine groups is 1. The van der Waals surface area contributed by atoms with Gasteiger partial charge in [-0.15, -0.1) is 0 Å². The van der Waals surface area contributed by atoms with Crippen LogP contribution < -0.4 is 19.7 Å². The van der Waals surface area contributed by atoms with Gasteiger partial charge in [0.05, 0.1) is 6.54 Å². The number of ether oxygens (including phenoxy) is 2. The highest BCUT2D eigenvalue weighted by Gasteiger charge is 2.55. The number of fused-ring (bicyclic) bond motifs is 5. The molecule has 3 aliphatic rings. The molecule has 3 heterocycles. The Labute approximate surface area is 173 Å². The number of amides is 1. The van der Waals surface area contributed by atoms with E-state index in [9.17, 15) is 4.79 Å². The highest BCUT2D eigenvalue weighted by Crippen LogP contribution is 2.51. The fraction of sp³-hybridized carbons (Fsp3) is 0.167. The third kappa shape index (κ3) is 2.19. The Kier molecular flexibility index (Phi) is 3.47. The highest BCUT2D eigenvalue weighted by molar-refractivity contribution is 6.14. The first-order chi connectivity index (χ1) is 14.7. The molecule has 3 aliphatic heterocycles. The van der Waals surface area contributed by atoms with Crippen molar-refractivity contribution in [1.82, 2.24) is 5.32 Å². The van der Waals surface area contributed by atoms with Crippen LogP contribution in [-0.4, -0.2) is 25.1 Å². The van der Waals surface area contributed by atoms with Gasteiger partial charge in [0, 0.05) is 17.8 Å². The first-order valence-corrected chi connectivity index (χ1v) is 9.91. The number of carbonyl (C=O) groups excluding carboxylic acids is 1. The maximum atomic E-state index is 14.1. The first-order valence-electron chi connectivity index (χ1n) is 9.91. The van der Waals surface area contributed by atoms with Gasteiger partial charge < -0.3 is 19.7 Å². The molecule has 6 rings (SSSR count). The van der Waals surface area contributed by atoms with Crippen molar-refractivity contribution in [3.8, 4) is 11.5 Å². The Morgan fingerprint density at radius 2 is 1.70 bits per heavy atom. The number of hydrogen-bond acceptors (Lipinski definition) is 4. The van der Waals surface area contributed by atoms with Gasteiger partial charge in [-0.25, -0.2) is 0 Å². The molecule has 30 heavy (non-hydrogen) atoms. The summed E-state index contributed by atoms with van der Waals surface area (Å²) in [5.41, 5.74) is 3.49. The van der Waals surface area contributed by atoms with Gasteiger partial charge in [-0.05, 0) is 34.9 Å². The van der Waals surface area contributed by atoms with Crippen molar-refractivity contribution >= 4 is 17.4 Å². The summed E-state index contributed by atoms with van der Waals surface area (Å²) in [6.45, 7) is 0.978. The molecule has 6 heteroatoms. The average molecular weight is 397 g/mol. The standard InChI is InChI=1S/C24H19N3O3/c25-22-16-10-20-21(30-14-29-20)11-18(16)24(13-26-22)17-8-4-5-9-19(17)27(23(24)28)12-15-6-2-1-3-7-15/h1-11H,12-14H2,(H2,25,26). The van der Waals surface area contributed by atoms with Crippen molar-refractivity contribution in [2.75, 3.05) is 18.2 Å². The topological polar surface area (TPSA) is 74.7 Å². The minimum atomic E-state index is -0.910. The van der Waals surface area contributed by atoms with E-state index in [0.717, 1.165) is 22.4 Å². The molecule has 0 radical (unpaired) electrons. The zero-order valence-corrected chi connectivity index (χ0v) is 16.1. The molecule has 0 bridgehead atoms. The molecule has 1 unspecified atom stereocenters. The maximum absolute atomic E-state index is 14.1. The molecule has 0 fully saturated rings. The van der Waals surface area contributed by atoms with E-state index in [-0.39, 0.29) is 12.7 Å². The zero-order valence-electron chi connectivity index (χ0n) is 16.1. The molecular formula is C24H19N3O3. The van der Waals surface area contributed by atoms with Crippen molar-refractivity contribution in [2.45, 2.75) is 12.0 Å². The van der Waals surface area contributed by atoms with E-state index < -0.39 is 5.41 Å². The Morgan fingerprint density at radius 1 is 0.967 bits per heavy atom. The lowest BCUT2D eigenvalue weighted by Crippen LogP contribution is -2.53. The minimum Gasteiger partial charge on any atom is -0.454 e. The van der Waals surface area contributed by atoms with E-state index in [1.807, 2.05) is 71.6 Å². The molecule has 1 spiro atoms. The number of benzene rings is 3.